The summed E-state index contributed by atoms with van der Waals surface area (Å²) in [4.78, 5) is 4.77. The molecule has 0 saturated carbocycles. The first-order valence-electron chi connectivity index (χ1n) is 6.68. The monoisotopic (exact) mass is 262 g/mol. The highest BCUT2D eigenvalue weighted by Crippen LogP contribution is 2.27. The molecule has 1 aromatic rings. The normalized spacial score (nSPS) is 19.2. The summed E-state index contributed by atoms with van der Waals surface area (Å²) in [5, 5.41) is 4.61. The predicted molar refractivity (Wildman–Crippen MR) is 82.7 cm³/mol. The molecule has 0 fully saturated rings. The smallest absolute Gasteiger partial charge is 0.161 e. The SMILES string of the molecule is CCc1cccc(C)c1NC1=N[C@@H](C(C)C)CS1. The maximum atomic E-state index is 4.77. The zero-order valence-corrected chi connectivity index (χ0v) is 12.5. The summed E-state index contributed by atoms with van der Waals surface area (Å²) in [7, 11) is 0. The Kier molecular flexibility index (Phi) is 4.33. The summed E-state index contributed by atoms with van der Waals surface area (Å²) in [6.07, 6.45) is 1.05. The minimum atomic E-state index is 0.464. The van der Waals surface area contributed by atoms with E-state index in [1.165, 1.54) is 16.8 Å². The van der Waals surface area contributed by atoms with Crippen LogP contribution in [0.2, 0.25) is 0 Å². The average molecular weight is 262 g/mol. The average Bonchev–Trinajstić information content (AvgIpc) is 2.80. The van der Waals surface area contributed by atoms with E-state index in [9.17, 15) is 0 Å². The fourth-order valence-corrected chi connectivity index (χ4v) is 3.28. The van der Waals surface area contributed by atoms with Crippen molar-refractivity contribution in [2.75, 3.05) is 11.1 Å². The van der Waals surface area contributed by atoms with Crippen LogP contribution < -0.4 is 5.32 Å². The number of para-hydroxylation sites is 1. The van der Waals surface area contributed by atoms with E-state index in [2.05, 4.69) is 51.2 Å². The highest BCUT2D eigenvalue weighted by Gasteiger charge is 2.21. The van der Waals surface area contributed by atoms with Gasteiger partial charge in [-0.05, 0) is 30.4 Å². The maximum absolute atomic E-state index is 4.77. The van der Waals surface area contributed by atoms with Crippen LogP contribution in [0.5, 0.6) is 0 Å². The number of rotatable bonds is 3. The molecular formula is C15H22N2S. The topological polar surface area (TPSA) is 24.4 Å². The standard InChI is InChI=1S/C15H22N2S/c1-5-12-8-6-7-11(4)14(12)17-15-16-13(9-18-15)10(2)3/h6-8,10,13H,5,9H2,1-4H3,(H,16,17)/t13-/m1/s1. The summed E-state index contributed by atoms with van der Waals surface area (Å²) < 4.78 is 0. The maximum Gasteiger partial charge on any atom is 0.161 e. The van der Waals surface area contributed by atoms with Crippen LogP contribution in [0.25, 0.3) is 0 Å². The Labute approximate surface area is 114 Å². The van der Waals surface area contributed by atoms with Gasteiger partial charge in [-0.15, -0.1) is 0 Å². The number of anilines is 1. The fourth-order valence-electron chi connectivity index (χ4n) is 2.11. The fraction of sp³-hybridized carbons (Fsp3) is 0.533. The van der Waals surface area contributed by atoms with E-state index in [0.29, 0.717) is 12.0 Å². The molecule has 0 aromatic heterocycles. The third-order valence-corrected chi connectivity index (χ3v) is 4.40. The van der Waals surface area contributed by atoms with E-state index in [4.69, 9.17) is 4.99 Å². The van der Waals surface area contributed by atoms with Crippen molar-refractivity contribution in [2.24, 2.45) is 10.9 Å². The molecule has 3 heteroatoms. The highest BCUT2D eigenvalue weighted by molar-refractivity contribution is 8.14. The first-order valence-corrected chi connectivity index (χ1v) is 7.66. The summed E-state index contributed by atoms with van der Waals surface area (Å²) in [6.45, 7) is 8.83. The van der Waals surface area contributed by atoms with Crippen molar-refractivity contribution in [3.8, 4) is 0 Å². The zero-order chi connectivity index (χ0) is 13.1. The van der Waals surface area contributed by atoms with Gasteiger partial charge < -0.3 is 5.32 Å². The quantitative estimate of drug-likeness (QED) is 0.887. The minimum absolute atomic E-state index is 0.464. The summed E-state index contributed by atoms with van der Waals surface area (Å²) in [6, 6.07) is 6.93. The number of hydrogen-bond acceptors (Lipinski definition) is 3. The number of thioether (sulfide) groups is 1. The number of amidine groups is 1. The number of aliphatic imine (C=N–C) groups is 1. The molecule has 98 valence electrons. The Bertz CT molecular complexity index is 452. The first-order chi connectivity index (χ1) is 8.61. The van der Waals surface area contributed by atoms with Crippen LogP contribution in [0, 0.1) is 12.8 Å². The summed E-state index contributed by atoms with van der Waals surface area (Å²) in [5.74, 6) is 1.73. The second kappa shape index (κ2) is 5.79. The molecule has 1 atom stereocenters. The van der Waals surface area contributed by atoms with Gasteiger partial charge in [0.25, 0.3) is 0 Å². The molecule has 1 heterocycles. The van der Waals surface area contributed by atoms with Crippen molar-refractivity contribution >= 4 is 22.6 Å². The second-order valence-electron chi connectivity index (χ2n) is 5.14. The lowest BCUT2D eigenvalue weighted by atomic mass is 10.1. The molecule has 2 nitrogen and oxygen atoms in total. The van der Waals surface area contributed by atoms with E-state index >= 15 is 0 Å². The molecule has 0 radical (unpaired) electrons. The second-order valence-corrected chi connectivity index (χ2v) is 6.15. The number of hydrogen-bond donors (Lipinski definition) is 1. The molecule has 0 amide bonds. The number of benzene rings is 1. The Morgan fingerprint density at radius 3 is 2.83 bits per heavy atom. The molecule has 1 N–H and O–H groups in total. The molecule has 0 saturated heterocycles. The van der Waals surface area contributed by atoms with E-state index in [1.807, 2.05) is 11.8 Å². The van der Waals surface area contributed by atoms with Crippen LogP contribution in [-0.2, 0) is 6.42 Å². The van der Waals surface area contributed by atoms with Crippen molar-refractivity contribution in [1.29, 1.82) is 0 Å². The molecule has 2 rings (SSSR count). The van der Waals surface area contributed by atoms with Gasteiger partial charge in [-0.3, -0.25) is 4.99 Å². The highest BCUT2D eigenvalue weighted by atomic mass is 32.2. The largest absolute Gasteiger partial charge is 0.335 e. The van der Waals surface area contributed by atoms with Crippen molar-refractivity contribution in [3.63, 3.8) is 0 Å². The summed E-state index contributed by atoms with van der Waals surface area (Å²) in [5.41, 5.74) is 3.91. The van der Waals surface area contributed by atoms with E-state index in [1.54, 1.807) is 0 Å². The van der Waals surface area contributed by atoms with Gasteiger partial charge in [0.2, 0.25) is 0 Å². The van der Waals surface area contributed by atoms with Crippen LogP contribution in [0.3, 0.4) is 0 Å². The molecule has 1 aliphatic heterocycles. The molecular weight excluding hydrogens is 240 g/mol. The third kappa shape index (κ3) is 2.89. The molecule has 18 heavy (non-hydrogen) atoms. The molecule has 0 aliphatic carbocycles. The van der Waals surface area contributed by atoms with Crippen LogP contribution in [0.4, 0.5) is 5.69 Å². The third-order valence-electron chi connectivity index (χ3n) is 3.42. The molecule has 0 spiro atoms. The lowest BCUT2D eigenvalue weighted by Gasteiger charge is -2.13. The van der Waals surface area contributed by atoms with Gasteiger partial charge in [0, 0.05) is 11.4 Å². The van der Waals surface area contributed by atoms with Crippen molar-refractivity contribution < 1.29 is 0 Å². The molecule has 1 aliphatic rings. The Balaban J connectivity index is 2.18. The number of aryl methyl sites for hydroxylation is 2. The van der Waals surface area contributed by atoms with Gasteiger partial charge in [0.15, 0.2) is 5.17 Å². The van der Waals surface area contributed by atoms with E-state index in [-0.39, 0.29) is 0 Å². The summed E-state index contributed by atoms with van der Waals surface area (Å²) >= 11 is 1.84. The molecule has 0 unspecified atom stereocenters. The zero-order valence-electron chi connectivity index (χ0n) is 11.7. The Morgan fingerprint density at radius 1 is 1.44 bits per heavy atom. The van der Waals surface area contributed by atoms with Gasteiger partial charge in [0.05, 0.1) is 6.04 Å². The number of nitrogens with zero attached hydrogens (tertiary/aromatic N) is 1. The van der Waals surface area contributed by atoms with Crippen molar-refractivity contribution in [1.82, 2.24) is 0 Å². The Hall–Kier alpha value is -0.960. The lowest BCUT2D eigenvalue weighted by molar-refractivity contribution is 0.543. The molecule has 1 aromatic carbocycles. The predicted octanol–water partition coefficient (Wildman–Crippen LogP) is 4.10. The van der Waals surface area contributed by atoms with Crippen LogP contribution in [-0.4, -0.2) is 17.0 Å². The Morgan fingerprint density at radius 2 is 2.22 bits per heavy atom. The van der Waals surface area contributed by atoms with Crippen molar-refractivity contribution in [3.05, 3.63) is 29.3 Å². The van der Waals surface area contributed by atoms with Crippen LogP contribution in [0.1, 0.15) is 31.9 Å². The van der Waals surface area contributed by atoms with Crippen LogP contribution in [0.15, 0.2) is 23.2 Å². The van der Waals surface area contributed by atoms with Crippen LogP contribution >= 0.6 is 11.8 Å². The molecule has 0 bridgehead atoms. The van der Waals surface area contributed by atoms with Gasteiger partial charge in [-0.2, -0.15) is 0 Å². The van der Waals surface area contributed by atoms with E-state index in [0.717, 1.165) is 17.3 Å². The lowest BCUT2D eigenvalue weighted by Crippen LogP contribution is -2.12. The number of nitrogens with one attached hydrogen (secondary N) is 1. The van der Waals surface area contributed by atoms with Gasteiger partial charge in [0.1, 0.15) is 0 Å². The van der Waals surface area contributed by atoms with Gasteiger partial charge in [-0.25, -0.2) is 0 Å². The van der Waals surface area contributed by atoms with Gasteiger partial charge in [-0.1, -0.05) is 50.7 Å². The first kappa shape index (κ1) is 13.5. The van der Waals surface area contributed by atoms with Crippen molar-refractivity contribution in [2.45, 2.75) is 40.2 Å². The van der Waals surface area contributed by atoms with E-state index < -0.39 is 0 Å². The van der Waals surface area contributed by atoms with Gasteiger partial charge >= 0.3 is 0 Å². The minimum Gasteiger partial charge on any atom is -0.335 e.